The van der Waals surface area contributed by atoms with Gasteiger partial charge >= 0.3 is 5.97 Å². The highest BCUT2D eigenvalue weighted by atomic mass is 35.5. The summed E-state index contributed by atoms with van der Waals surface area (Å²) in [6, 6.07) is 6.55. The third kappa shape index (κ3) is 6.16. The van der Waals surface area contributed by atoms with E-state index in [2.05, 4.69) is 4.72 Å². The molecule has 4 nitrogen and oxygen atoms in total. The van der Waals surface area contributed by atoms with Crippen LogP contribution < -0.4 is 4.72 Å². The van der Waals surface area contributed by atoms with Crippen molar-refractivity contribution in [2.24, 2.45) is 5.41 Å². The van der Waals surface area contributed by atoms with Crippen molar-refractivity contribution < 1.29 is 13.7 Å². The van der Waals surface area contributed by atoms with Crippen LogP contribution in [0.4, 0.5) is 0 Å². The first-order valence-electron chi connectivity index (χ1n) is 6.79. The highest BCUT2D eigenvalue weighted by Gasteiger charge is 2.33. The molecule has 0 bridgehead atoms. The zero-order chi connectivity index (χ0) is 16.0. The Hall–Kier alpha value is -0.910. The van der Waals surface area contributed by atoms with Crippen molar-refractivity contribution in [3.05, 3.63) is 34.9 Å². The van der Waals surface area contributed by atoms with Crippen LogP contribution in [0.25, 0.3) is 0 Å². The summed E-state index contributed by atoms with van der Waals surface area (Å²) in [4.78, 5) is 12.0. The lowest BCUT2D eigenvalue weighted by atomic mass is 9.87. The van der Waals surface area contributed by atoms with E-state index in [-0.39, 0.29) is 11.7 Å². The third-order valence-electron chi connectivity index (χ3n) is 2.82. The van der Waals surface area contributed by atoms with E-state index in [1.165, 1.54) is 0 Å². The van der Waals surface area contributed by atoms with Crippen molar-refractivity contribution in [3.8, 4) is 0 Å². The van der Waals surface area contributed by atoms with Gasteiger partial charge in [-0.25, -0.2) is 8.93 Å². The van der Waals surface area contributed by atoms with E-state index in [4.69, 9.17) is 16.3 Å². The molecule has 1 rings (SSSR count). The average Bonchev–Trinajstić information content (AvgIpc) is 2.34. The molecule has 0 radical (unpaired) electrons. The van der Waals surface area contributed by atoms with Gasteiger partial charge in [0.2, 0.25) is 0 Å². The Balaban J connectivity index is 2.75. The summed E-state index contributed by atoms with van der Waals surface area (Å²) >= 11 is 5.90. The first-order valence-corrected chi connectivity index (χ1v) is 8.49. The van der Waals surface area contributed by atoms with Crippen molar-refractivity contribution in [3.63, 3.8) is 0 Å². The Morgan fingerprint density at radius 1 is 1.43 bits per heavy atom. The number of carbonyl (C=O) groups excluding carboxylic acids is 1. The smallest absolute Gasteiger partial charge is 0.324 e. The van der Waals surface area contributed by atoms with Crippen LogP contribution in [0, 0.1) is 5.41 Å². The van der Waals surface area contributed by atoms with Gasteiger partial charge in [0.05, 0.1) is 23.3 Å². The molecule has 0 aromatic heterocycles. The Bertz CT molecular complexity index is 514. The quantitative estimate of drug-likeness (QED) is 0.815. The molecule has 1 aromatic rings. The molecule has 6 heteroatoms. The first-order chi connectivity index (χ1) is 9.74. The van der Waals surface area contributed by atoms with E-state index in [0.29, 0.717) is 11.6 Å². The van der Waals surface area contributed by atoms with Crippen molar-refractivity contribution in [1.82, 2.24) is 4.72 Å². The van der Waals surface area contributed by atoms with E-state index < -0.39 is 22.4 Å². The predicted molar refractivity (Wildman–Crippen MR) is 86.3 cm³/mol. The molecule has 0 fully saturated rings. The molecule has 0 saturated carbocycles. The SMILES string of the molecule is CCOC(=O)C(NS(=O)Cc1cccc(Cl)c1)C(C)(C)C. The first kappa shape index (κ1) is 18.1. The summed E-state index contributed by atoms with van der Waals surface area (Å²) in [5.41, 5.74) is 0.459. The van der Waals surface area contributed by atoms with Gasteiger partial charge in [-0.3, -0.25) is 4.79 Å². The maximum absolute atomic E-state index is 12.2. The van der Waals surface area contributed by atoms with Crippen molar-refractivity contribution >= 4 is 28.6 Å². The Kier molecular flexibility index (Phi) is 6.84. The molecule has 0 aliphatic rings. The maximum Gasteiger partial charge on any atom is 0.324 e. The molecule has 0 heterocycles. The van der Waals surface area contributed by atoms with E-state index in [1.54, 1.807) is 25.1 Å². The van der Waals surface area contributed by atoms with E-state index in [9.17, 15) is 9.00 Å². The van der Waals surface area contributed by atoms with Gasteiger partial charge < -0.3 is 4.74 Å². The van der Waals surface area contributed by atoms with E-state index in [0.717, 1.165) is 5.56 Å². The van der Waals surface area contributed by atoms with Crippen LogP contribution in [0.2, 0.25) is 5.02 Å². The van der Waals surface area contributed by atoms with Gasteiger partial charge in [-0.05, 0) is 30.0 Å². The maximum atomic E-state index is 12.2. The highest BCUT2D eigenvalue weighted by molar-refractivity contribution is 7.82. The number of esters is 1. The highest BCUT2D eigenvalue weighted by Crippen LogP contribution is 2.21. The number of ether oxygens (including phenoxy) is 1. The minimum Gasteiger partial charge on any atom is -0.465 e. The number of nitrogens with one attached hydrogen (secondary N) is 1. The van der Waals surface area contributed by atoms with Crippen LogP contribution in [0.15, 0.2) is 24.3 Å². The number of rotatable bonds is 6. The molecule has 0 aliphatic carbocycles. The Labute approximate surface area is 133 Å². The van der Waals surface area contributed by atoms with Gasteiger partial charge in [0.15, 0.2) is 0 Å². The van der Waals surface area contributed by atoms with Crippen molar-refractivity contribution in [2.45, 2.75) is 39.5 Å². The van der Waals surface area contributed by atoms with E-state index in [1.807, 2.05) is 26.8 Å². The largest absolute Gasteiger partial charge is 0.465 e. The van der Waals surface area contributed by atoms with E-state index >= 15 is 0 Å². The second-order valence-electron chi connectivity index (χ2n) is 5.79. The lowest BCUT2D eigenvalue weighted by Crippen LogP contribution is -2.48. The fourth-order valence-corrected chi connectivity index (χ4v) is 3.25. The Morgan fingerprint density at radius 2 is 2.10 bits per heavy atom. The van der Waals surface area contributed by atoms with Gasteiger partial charge in [0, 0.05) is 5.02 Å². The van der Waals surface area contributed by atoms with Crippen LogP contribution in [0.3, 0.4) is 0 Å². The molecule has 0 amide bonds. The number of carbonyl (C=O) groups is 1. The van der Waals surface area contributed by atoms with Crippen LogP contribution >= 0.6 is 11.6 Å². The molecule has 21 heavy (non-hydrogen) atoms. The second kappa shape index (κ2) is 7.92. The van der Waals surface area contributed by atoms with Crippen LogP contribution in [-0.2, 0) is 26.3 Å². The summed E-state index contributed by atoms with van der Waals surface area (Å²) < 4.78 is 20.1. The lowest BCUT2D eigenvalue weighted by Gasteiger charge is -2.29. The topological polar surface area (TPSA) is 55.4 Å². The standard InChI is InChI=1S/C15H22ClNO3S/c1-5-20-14(18)13(15(2,3)4)17-21(19)10-11-7-6-8-12(16)9-11/h6-9,13,17H,5,10H2,1-4H3. The molecular formula is C15H22ClNO3S. The molecule has 2 unspecified atom stereocenters. The molecule has 0 spiro atoms. The third-order valence-corrected chi connectivity index (χ3v) is 4.15. The van der Waals surface area contributed by atoms with Crippen LogP contribution in [0.5, 0.6) is 0 Å². The zero-order valence-electron chi connectivity index (χ0n) is 12.8. The molecule has 1 aromatic carbocycles. The number of hydrogen-bond donors (Lipinski definition) is 1. The molecular weight excluding hydrogens is 310 g/mol. The summed E-state index contributed by atoms with van der Waals surface area (Å²) in [5.74, 6) is -0.101. The monoisotopic (exact) mass is 331 g/mol. The molecule has 1 N–H and O–H groups in total. The second-order valence-corrected chi connectivity index (χ2v) is 7.44. The molecule has 0 saturated heterocycles. The summed E-state index contributed by atoms with van der Waals surface area (Å²) in [6.07, 6.45) is 0. The Morgan fingerprint density at radius 3 is 2.62 bits per heavy atom. The average molecular weight is 332 g/mol. The zero-order valence-corrected chi connectivity index (χ0v) is 14.4. The molecule has 2 atom stereocenters. The summed E-state index contributed by atoms with van der Waals surface area (Å²) in [6.45, 7) is 7.75. The van der Waals surface area contributed by atoms with Gasteiger partial charge in [-0.1, -0.05) is 44.5 Å². The normalized spacial score (nSPS) is 14.5. The summed E-state index contributed by atoms with van der Waals surface area (Å²) in [5, 5.41) is 0.599. The molecule has 118 valence electrons. The number of hydrogen-bond acceptors (Lipinski definition) is 3. The van der Waals surface area contributed by atoms with Gasteiger partial charge in [0.25, 0.3) is 0 Å². The fraction of sp³-hybridized carbons (Fsp3) is 0.533. The van der Waals surface area contributed by atoms with Gasteiger partial charge in [0.1, 0.15) is 6.04 Å². The molecule has 0 aliphatic heterocycles. The van der Waals surface area contributed by atoms with Crippen LogP contribution in [-0.4, -0.2) is 22.8 Å². The lowest BCUT2D eigenvalue weighted by molar-refractivity contribution is -0.147. The van der Waals surface area contributed by atoms with Crippen LogP contribution in [0.1, 0.15) is 33.3 Å². The van der Waals surface area contributed by atoms with Gasteiger partial charge in [-0.15, -0.1) is 0 Å². The predicted octanol–water partition coefficient (Wildman–Crippen LogP) is 3.07. The fourth-order valence-electron chi connectivity index (χ4n) is 1.76. The summed E-state index contributed by atoms with van der Waals surface area (Å²) in [7, 11) is -1.39. The minimum absolute atomic E-state index is 0.284. The van der Waals surface area contributed by atoms with Crippen molar-refractivity contribution in [1.29, 1.82) is 0 Å². The van der Waals surface area contributed by atoms with Crippen molar-refractivity contribution in [2.75, 3.05) is 6.61 Å². The minimum atomic E-state index is -1.39. The number of benzene rings is 1. The van der Waals surface area contributed by atoms with Gasteiger partial charge in [-0.2, -0.15) is 0 Å². The number of halogens is 1.